The normalized spacial score (nSPS) is 18.4. The molecule has 0 aliphatic carbocycles. The first kappa shape index (κ1) is 18.3. The Labute approximate surface area is 163 Å². The predicted octanol–water partition coefficient (Wildman–Crippen LogP) is 3.01. The van der Waals surface area contributed by atoms with Gasteiger partial charge in [0.05, 0.1) is 17.1 Å². The van der Waals surface area contributed by atoms with Crippen LogP contribution >= 0.6 is 11.3 Å². The number of hydrogen-bond acceptors (Lipinski definition) is 7. The summed E-state index contributed by atoms with van der Waals surface area (Å²) in [6, 6.07) is 0. The number of aromatic nitrogens is 5. The second-order valence-electron chi connectivity index (χ2n) is 8.16. The summed E-state index contributed by atoms with van der Waals surface area (Å²) in [5.74, 6) is 1.59. The van der Waals surface area contributed by atoms with Crippen LogP contribution < -0.4 is 10.6 Å². The molecule has 0 radical (unpaired) electrons. The van der Waals surface area contributed by atoms with Crippen LogP contribution in [0.15, 0.2) is 12.5 Å². The SMILES string of the molecule is Cc1sc2ncnc(N3CCC[C@H](Cn4cc(C(C)(C)N)nn4)C3)c2c1C. The van der Waals surface area contributed by atoms with E-state index in [-0.39, 0.29) is 0 Å². The molecule has 27 heavy (non-hydrogen) atoms. The quantitative estimate of drug-likeness (QED) is 0.743. The zero-order chi connectivity index (χ0) is 19.2. The van der Waals surface area contributed by atoms with Gasteiger partial charge in [-0.05, 0) is 52.0 Å². The van der Waals surface area contributed by atoms with Gasteiger partial charge in [-0.2, -0.15) is 0 Å². The van der Waals surface area contributed by atoms with Crippen molar-refractivity contribution in [2.24, 2.45) is 11.7 Å². The lowest BCUT2D eigenvalue weighted by Gasteiger charge is -2.33. The monoisotopic (exact) mass is 385 g/mol. The first-order valence-corrected chi connectivity index (χ1v) is 10.3. The van der Waals surface area contributed by atoms with Gasteiger partial charge in [-0.1, -0.05) is 5.21 Å². The maximum atomic E-state index is 6.13. The molecule has 1 aliphatic heterocycles. The molecule has 2 N–H and O–H groups in total. The third-order valence-corrected chi connectivity index (χ3v) is 6.52. The van der Waals surface area contributed by atoms with Crippen molar-refractivity contribution >= 4 is 27.4 Å². The Balaban J connectivity index is 1.54. The average molecular weight is 386 g/mol. The lowest BCUT2D eigenvalue weighted by atomic mass is 9.97. The summed E-state index contributed by atoms with van der Waals surface area (Å²) >= 11 is 1.75. The van der Waals surface area contributed by atoms with Crippen LogP contribution in [0.25, 0.3) is 10.2 Å². The lowest BCUT2D eigenvalue weighted by molar-refractivity contribution is 0.347. The second kappa shape index (κ2) is 6.83. The van der Waals surface area contributed by atoms with E-state index in [2.05, 4.69) is 39.0 Å². The average Bonchev–Trinajstić information content (AvgIpc) is 3.20. The first-order chi connectivity index (χ1) is 12.8. The highest BCUT2D eigenvalue weighted by Crippen LogP contribution is 2.35. The molecular formula is C19H27N7S. The molecule has 4 rings (SSSR count). The molecule has 1 atom stereocenters. The van der Waals surface area contributed by atoms with Crippen molar-refractivity contribution < 1.29 is 0 Å². The van der Waals surface area contributed by atoms with E-state index < -0.39 is 5.54 Å². The maximum Gasteiger partial charge on any atom is 0.141 e. The van der Waals surface area contributed by atoms with Crippen LogP contribution in [0, 0.1) is 19.8 Å². The zero-order valence-corrected chi connectivity index (χ0v) is 17.3. The number of nitrogens with zero attached hydrogens (tertiary/aromatic N) is 6. The highest BCUT2D eigenvalue weighted by molar-refractivity contribution is 7.18. The third-order valence-electron chi connectivity index (χ3n) is 5.41. The summed E-state index contributed by atoms with van der Waals surface area (Å²) in [7, 11) is 0. The van der Waals surface area contributed by atoms with Gasteiger partial charge in [0.15, 0.2) is 0 Å². The molecule has 3 aromatic rings. The van der Waals surface area contributed by atoms with Crippen molar-refractivity contribution in [1.29, 1.82) is 0 Å². The van der Waals surface area contributed by atoms with Crippen molar-refractivity contribution in [3.05, 3.63) is 28.7 Å². The molecule has 0 unspecified atom stereocenters. The molecule has 0 aromatic carbocycles. The van der Waals surface area contributed by atoms with Crippen molar-refractivity contribution in [3.8, 4) is 0 Å². The number of rotatable bonds is 4. The molecule has 8 heteroatoms. The Morgan fingerprint density at radius 2 is 2.11 bits per heavy atom. The van der Waals surface area contributed by atoms with E-state index in [9.17, 15) is 0 Å². The van der Waals surface area contributed by atoms with Gasteiger partial charge < -0.3 is 10.6 Å². The topological polar surface area (TPSA) is 85.8 Å². The van der Waals surface area contributed by atoms with Crippen LogP contribution in [0.5, 0.6) is 0 Å². The van der Waals surface area contributed by atoms with Crippen LogP contribution in [-0.2, 0) is 12.1 Å². The Hall–Kier alpha value is -2.06. The number of thiophene rings is 1. The number of nitrogens with two attached hydrogens (primary N) is 1. The molecular weight excluding hydrogens is 358 g/mol. The summed E-state index contributed by atoms with van der Waals surface area (Å²) in [6.45, 7) is 11.1. The molecule has 7 nitrogen and oxygen atoms in total. The van der Waals surface area contributed by atoms with Gasteiger partial charge in [0.25, 0.3) is 0 Å². The zero-order valence-electron chi connectivity index (χ0n) is 16.4. The van der Waals surface area contributed by atoms with Crippen LogP contribution in [0.3, 0.4) is 0 Å². The highest BCUT2D eigenvalue weighted by Gasteiger charge is 2.25. The van der Waals surface area contributed by atoms with Gasteiger partial charge in [0.1, 0.15) is 22.7 Å². The second-order valence-corrected chi connectivity index (χ2v) is 9.37. The Kier molecular flexibility index (Phi) is 4.63. The minimum absolute atomic E-state index is 0.461. The van der Waals surface area contributed by atoms with E-state index in [0.717, 1.165) is 42.4 Å². The molecule has 0 amide bonds. The molecule has 1 fully saturated rings. The standard InChI is InChI=1S/C19H27N7S/c1-12-13(2)27-18-16(12)17(21-11-22-18)25-7-5-6-14(8-25)9-26-10-15(23-24-26)19(3,4)20/h10-11,14H,5-9,20H2,1-4H3/t14-/m0/s1. The fourth-order valence-corrected chi connectivity index (χ4v) is 4.75. The van der Waals surface area contributed by atoms with Gasteiger partial charge >= 0.3 is 0 Å². The molecule has 0 spiro atoms. The van der Waals surface area contributed by atoms with E-state index in [1.165, 1.54) is 22.2 Å². The highest BCUT2D eigenvalue weighted by atomic mass is 32.1. The first-order valence-electron chi connectivity index (χ1n) is 9.48. The fraction of sp³-hybridized carbons (Fsp3) is 0.579. The number of anilines is 1. The van der Waals surface area contributed by atoms with Crippen LogP contribution in [0.1, 0.15) is 42.8 Å². The molecule has 0 bridgehead atoms. The van der Waals surface area contributed by atoms with Crippen molar-refractivity contribution in [2.45, 2.75) is 52.6 Å². The summed E-state index contributed by atoms with van der Waals surface area (Å²) in [4.78, 5) is 14.0. The Morgan fingerprint density at radius 1 is 1.30 bits per heavy atom. The summed E-state index contributed by atoms with van der Waals surface area (Å²) < 4.78 is 1.94. The molecule has 1 saturated heterocycles. The van der Waals surface area contributed by atoms with Gasteiger partial charge in [-0.25, -0.2) is 9.97 Å². The molecule has 0 saturated carbocycles. The minimum atomic E-state index is -0.461. The molecule has 144 valence electrons. The number of hydrogen-bond donors (Lipinski definition) is 1. The van der Waals surface area contributed by atoms with Crippen molar-refractivity contribution in [2.75, 3.05) is 18.0 Å². The van der Waals surface area contributed by atoms with Crippen molar-refractivity contribution in [3.63, 3.8) is 0 Å². The van der Waals surface area contributed by atoms with Gasteiger partial charge in [0.2, 0.25) is 0 Å². The number of fused-ring (bicyclic) bond motifs is 1. The van der Waals surface area contributed by atoms with Gasteiger partial charge in [-0.15, -0.1) is 16.4 Å². The fourth-order valence-electron chi connectivity index (χ4n) is 3.76. The maximum absolute atomic E-state index is 6.13. The smallest absolute Gasteiger partial charge is 0.141 e. The van der Waals surface area contributed by atoms with Gasteiger partial charge in [0, 0.05) is 24.5 Å². The molecule has 4 heterocycles. The Bertz CT molecular complexity index is 953. The summed E-state index contributed by atoms with van der Waals surface area (Å²) in [5.41, 5.74) is 7.81. The van der Waals surface area contributed by atoms with E-state index in [4.69, 9.17) is 5.73 Å². The minimum Gasteiger partial charge on any atom is -0.356 e. The molecule has 3 aromatic heterocycles. The van der Waals surface area contributed by atoms with Gasteiger partial charge in [-0.3, -0.25) is 4.68 Å². The van der Waals surface area contributed by atoms with Crippen LogP contribution in [-0.4, -0.2) is 38.1 Å². The van der Waals surface area contributed by atoms with E-state index in [1.54, 1.807) is 17.7 Å². The van der Waals surface area contributed by atoms with E-state index in [0.29, 0.717) is 5.92 Å². The van der Waals surface area contributed by atoms with Crippen molar-refractivity contribution in [1.82, 2.24) is 25.0 Å². The largest absolute Gasteiger partial charge is 0.356 e. The van der Waals surface area contributed by atoms with E-state index in [1.807, 2.05) is 24.7 Å². The summed E-state index contributed by atoms with van der Waals surface area (Å²) in [5, 5.41) is 9.74. The number of piperidine rings is 1. The van der Waals surface area contributed by atoms with Crippen LogP contribution in [0.2, 0.25) is 0 Å². The Morgan fingerprint density at radius 3 is 2.85 bits per heavy atom. The van der Waals surface area contributed by atoms with Crippen LogP contribution in [0.4, 0.5) is 5.82 Å². The predicted molar refractivity (Wildman–Crippen MR) is 109 cm³/mol. The molecule has 1 aliphatic rings. The summed E-state index contributed by atoms with van der Waals surface area (Å²) in [6.07, 6.45) is 6.02. The third kappa shape index (κ3) is 3.55. The number of aryl methyl sites for hydroxylation is 2. The lowest BCUT2D eigenvalue weighted by Crippen LogP contribution is -2.37. The van der Waals surface area contributed by atoms with E-state index >= 15 is 0 Å².